The van der Waals surface area contributed by atoms with Crippen LogP contribution in [-0.2, 0) is 11.3 Å². The van der Waals surface area contributed by atoms with Gasteiger partial charge in [0.1, 0.15) is 6.26 Å². The van der Waals surface area contributed by atoms with Gasteiger partial charge in [-0.3, -0.25) is 9.69 Å². The number of nitrogens with one attached hydrogen (secondary N) is 1. The number of rotatable bonds is 6. The minimum atomic E-state index is 0.0724. The van der Waals surface area contributed by atoms with E-state index in [1.807, 2.05) is 30.3 Å². The van der Waals surface area contributed by atoms with E-state index in [0.717, 1.165) is 50.2 Å². The Bertz CT molecular complexity index is 683. The molecule has 5 nitrogen and oxygen atoms in total. The summed E-state index contributed by atoms with van der Waals surface area (Å²) in [5.41, 5.74) is 1.90. The first-order valence-corrected chi connectivity index (χ1v) is 9.18. The van der Waals surface area contributed by atoms with Crippen LogP contribution in [0.5, 0.6) is 0 Å². The lowest BCUT2D eigenvalue weighted by molar-refractivity contribution is -0.127. The molecule has 0 aliphatic carbocycles. The number of likely N-dealkylation sites (tertiary alicyclic amines) is 1. The van der Waals surface area contributed by atoms with Gasteiger partial charge in [-0.25, -0.2) is 4.98 Å². The maximum atomic E-state index is 12.4. The Balaban J connectivity index is 1.58. The smallest absolute Gasteiger partial charge is 0.226 e. The van der Waals surface area contributed by atoms with Crippen LogP contribution in [0, 0.1) is 5.92 Å². The van der Waals surface area contributed by atoms with Crippen LogP contribution in [0.4, 0.5) is 0 Å². The zero-order chi connectivity index (χ0) is 17.6. The van der Waals surface area contributed by atoms with Gasteiger partial charge in [-0.15, -0.1) is 0 Å². The third-order valence-corrected chi connectivity index (χ3v) is 4.84. The number of hydrogen-bond donors (Lipinski definition) is 1. The maximum absolute atomic E-state index is 12.4. The van der Waals surface area contributed by atoms with Gasteiger partial charge in [0.15, 0.2) is 0 Å². The van der Waals surface area contributed by atoms with Crippen LogP contribution in [0.1, 0.15) is 38.8 Å². The molecule has 2 atom stereocenters. The lowest BCUT2D eigenvalue weighted by Crippen LogP contribution is -2.44. The number of benzene rings is 1. The van der Waals surface area contributed by atoms with E-state index in [0.29, 0.717) is 5.89 Å². The van der Waals surface area contributed by atoms with E-state index < -0.39 is 0 Å². The van der Waals surface area contributed by atoms with Crippen LogP contribution >= 0.6 is 0 Å². The van der Waals surface area contributed by atoms with E-state index >= 15 is 0 Å². The number of aromatic nitrogens is 1. The fourth-order valence-corrected chi connectivity index (χ4v) is 3.20. The highest BCUT2D eigenvalue weighted by atomic mass is 16.3. The van der Waals surface area contributed by atoms with Crippen molar-refractivity contribution < 1.29 is 9.21 Å². The molecule has 0 radical (unpaired) electrons. The first-order chi connectivity index (χ1) is 12.2. The van der Waals surface area contributed by atoms with Crippen molar-refractivity contribution in [2.75, 3.05) is 13.1 Å². The molecular weight excluding hydrogens is 314 g/mol. The average Bonchev–Trinajstić information content (AvgIpc) is 3.11. The first-order valence-electron chi connectivity index (χ1n) is 9.18. The molecule has 0 unspecified atom stereocenters. The number of hydrogen-bond acceptors (Lipinski definition) is 4. The lowest BCUT2D eigenvalue weighted by Gasteiger charge is -2.32. The largest absolute Gasteiger partial charge is 0.444 e. The molecule has 1 aliphatic rings. The number of carbonyl (C=O) groups excluding carboxylic acids is 1. The minimum Gasteiger partial charge on any atom is -0.444 e. The van der Waals surface area contributed by atoms with Gasteiger partial charge in [0.2, 0.25) is 11.8 Å². The molecule has 3 rings (SSSR count). The second kappa shape index (κ2) is 8.30. The first kappa shape index (κ1) is 17.7. The molecule has 1 amide bonds. The Hall–Kier alpha value is -2.14. The topological polar surface area (TPSA) is 58.4 Å². The summed E-state index contributed by atoms with van der Waals surface area (Å²) in [5.74, 6) is 0.908. The average molecular weight is 341 g/mol. The van der Waals surface area contributed by atoms with E-state index in [1.165, 1.54) is 0 Å². The van der Waals surface area contributed by atoms with E-state index in [-0.39, 0.29) is 17.9 Å². The van der Waals surface area contributed by atoms with E-state index in [4.69, 9.17) is 4.42 Å². The Morgan fingerprint density at radius 2 is 2.20 bits per heavy atom. The van der Waals surface area contributed by atoms with Gasteiger partial charge in [-0.05, 0) is 44.9 Å². The van der Waals surface area contributed by atoms with Crippen LogP contribution in [-0.4, -0.2) is 34.9 Å². The zero-order valence-electron chi connectivity index (χ0n) is 15.1. The quantitative estimate of drug-likeness (QED) is 0.874. The third kappa shape index (κ3) is 4.69. The highest BCUT2D eigenvalue weighted by Crippen LogP contribution is 2.22. The minimum absolute atomic E-state index is 0.0724. The van der Waals surface area contributed by atoms with E-state index in [9.17, 15) is 4.79 Å². The molecule has 25 heavy (non-hydrogen) atoms. The summed E-state index contributed by atoms with van der Waals surface area (Å²) in [6.07, 6.45) is 4.70. The molecule has 0 spiro atoms. The molecule has 1 saturated heterocycles. The van der Waals surface area contributed by atoms with Gasteiger partial charge in [-0.1, -0.05) is 25.1 Å². The van der Waals surface area contributed by atoms with Crippen molar-refractivity contribution in [3.05, 3.63) is 42.3 Å². The second-order valence-corrected chi connectivity index (χ2v) is 6.90. The van der Waals surface area contributed by atoms with Crippen molar-refractivity contribution in [2.24, 2.45) is 5.92 Å². The fourth-order valence-electron chi connectivity index (χ4n) is 3.20. The number of nitrogens with zero attached hydrogens (tertiary/aromatic N) is 2. The van der Waals surface area contributed by atoms with Crippen LogP contribution in [0.2, 0.25) is 0 Å². The Morgan fingerprint density at radius 3 is 2.96 bits per heavy atom. The highest BCUT2D eigenvalue weighted by Gasteiger charge is 2.26. The second-order valence-electron chi connectivity index (χ2n) is 6.90. The Kier molecular flexibility index (Phi) is 5.87. The Morgan fingerprint density at radius 1 is 1.40 bits per heavy atom. The molecule has 1 fully saturated rings. The zero-order valence-corrected chi connectivity index (χ0v) is 15.1. The number of carbonyl (C=O) groups is 1. The monoisotopic (exact) mass is 341 g/mol. The summed E-state index contributed by atoms with van der Waals surface area (Å²) in [5, 5.41) is 3.11. The summed E-state index contributed by atoms with van der Waals surface area (Å²) >= 11 is 0. The lowest BCUT2D eigenvalue weighted by atomic mass is 9.96. The number of piperidine rings is 1. The summed E-state index contributed by atoms with van der Waals surface area (Å²) in [7, 11) is 0. The van der Waals surface area contributed by atoms with Crippen molar-refractivity contribution in [1.82, 2.24) is 15.2 Å². The predicted molar refractivity (Wildman–Crippen MR) is 97.8 cm³/mol. The molecule has 1 aliphatic heterocycles. The van der Waals surface area contributed by atoms with Gasteiger partial charge >= 0.3 is 0 Å². The molecular formula is C20H27N3O2. The summed E-state index contributed by atoms with van der Waals surface area (Å²) in [6.45, 7) is 6.66. The molecule has 1 aromatic heterocycles. The summed E-state index contributed by atoms with van der Waals surface area (Å²) in [6, 6.07) is 10.2. The molecule has 2 heterocycles. The molecule has 1 N–H and O–H groups in total. The van der Waals surface area contributed by atoms with Crippen molar-refractivity contribution in [3.8, 4) is 11.5 Å². The summed E-state index contributed by atoms with van der Waals surface area (Å²) < 4.78 is 5.62. The van der Waals surface area contributed by atoms with Crippen LogP contribution in [0.25, 0.3) is 11.5 Å². The molecule has 0 saturated carbocycles. The Labute approximate surface area is 149 Å². The predicted octanol–water partition coefficient (Wildman–Crippen LogP) is 3.47. The van der Waals surface area contributed by atoms with Crippen LogP contribution in [0.15, 0.2) is 41.0 Å². The molecule has 0 bridgehead atoms. The van der Waals surface area contributed by atoms with E-state index in [1.54, 1.807) is 6.26 Å². The molecule has 2 aromatic rings. The number of oxazole rings is 1. The van der Waals surface area contributed by atoms with Gasteiger partial charge in [0.25, 0.3) is 0 Å². The fraction of sp³-hybridized carbons (Fsp3) is 0.500. The third-order valence-electron chi connectivity index (χ3n) is 4.84. The van der Waals surface area contributed by atoms with Crippen molar-refractivity contribution in [3.63, 3.8) is 0 Å². The summed E-state index contributed by atoms with van der Waals surface area (Å²) in [4.78, 5) is 19.3. The molecule has 1 aromatic carbocycles. The van der Waals surface area contributed by atoms with Crippen LogP contribution < -0.4 is 5.32 Å². The normalized spacial score (nSPS) is 19.5. The highest BCUT2D eigenvalue weighted by molar-refractivity contribution is 5.79. The van der Waals surface area contributed by atoms with Gasteiger partial charge in [0.05, 0.1) is 11.6 Å². The van der Waals surface area contributed by atoms with Gasteiger partial charge in [0, 0.05) is 24.7 Å². The molecule has 134 valence electrons. The maximum Gasteiger partial charge on any atom is 0.226 e. The standard InChI is InChI=1S/C20H27N3O2/c1-3-15(2)21-19(24)17-10-7-11-23(12-17)13-18-14-25-20(22-18)16-8-5-4-6-9-16/h4-6,8-9,14-15,17H,3,7,10-13H2,1-2H3,(H,21,24)/t15-,17+/m1/s1. The van der Waals surface area contributed by atoms with Crippen LogP contribution in [0.3, 0.4) is 0 Å². The SMILES string of the molecule is CC[C@@H](C)NC(=O)[C@H]1CCCN(Cc2coc(-c3ccccc3)n2)C1. The van der Waals surface area contributed by atoms with Crippen molar-refractivity contribution in [2.45, 2.75) is 45.7 Å². The molecule has 5 heteroatoms. The number of amides is 1. The van der Waals surface area contributed by atoms with Crippen molar-refractivity contribution in [1.29, 1.82) is 0 Å². The van der Waals surface area contributed by atoms with Crippen molar-refractivity contribution >= 4 is 5.91 Å². The van der Waals surface area contributed by atoms with E-state index in [2.05, 4.69) is 29.0 Å². The van der Waals surface area contributed by atoms with Gasteiger partial charge in [-0.2, -0.15) is 0 Å². The van der Waals surface area contributed by atoms with Gasteiger partial charge < -0.3 is 9.73 Å².